The summed E-state index contributed by atoms with van der Waals surface area (Å²) >= 11 is 0. The molecule has 6 aromatic rings. The highest BCUT2D eigenvalue weighted by Crippen LogP contribution is 2.34. The van der Waals surface area contributed by atoms with Crippen molar-refractivity contribution in [2.45, 2.75) is 60.1 Å². The standard InChI is InChI=1S/C42H47FN14O7/c1-5-6-7-8-31(58)51-11-13-53(14-12-51)41(62)36(59)27-19-44-34-33(27)30(21-46-38(34)57-23-47-26(4)49-57)64-24-55-22-28(32-29(43)20-45-39(35(32)55)56-10-9-48-50-56)37(60)42(63)54-17-15-52(16-18-54)40(61)25(2)3/h9-10,19-23,25,44H,5-8,11-18,24H2,1-4H3. The maximum Gasteiger partial charge on any atom is 0.295 e. The fraction of sp³-hybridized carbons (Fsp3) is 0.429. The number of H-pyrrole nitrogens is 1. The van der Waals surface area contributed by atoms with Gasteiger partial charge in [-0.05, 0) is 13.3 Å². The molecule has 2 aliphatic rings. The predicted octanol–water partition coefficient (Wildman–Crippen LogP) is 2.50. The van der Waals surface area contributed by atoms with Crippen LogP contribution in [0.15, 0.2) is 43.5 Å². The number of ketones is 2. The van der Waals surface area contributed by atoms with E-state index in [-0.39, 0.29) is 107 Å². The van der Waals surface area contributed by atoms with Gasteiger partial charge >= 0.3 is 0 Å². The lowest BCUT2D eigenvalue weighted by Gasteiger charge is -2.35. The molecule has 4 amide bonds. The highest BCUT2D eigenvalue weighted by Gasteiger charge is 2.34. The second-order valence-corrected chi connectivity index (χ2v) is 16.0. The van der Waals surface area contributed by atoms with E-state index in [2.05, 4.69) is 42.3 Å². The first-order valence-electron chi connectivity index (χ1n) is 21.2. The van der Waals surface area contributed by atoms with Crippen molar-refractivity contribution in [3.05, 3.63) is 66.3 Å². The maximum atomic E-state index is 16.0. The van der Waals surface area contributed by atoms with Crippen LogP contribution in [0, 0.1) is 18.7 Å². The number of hydrogen-bond donors (Lipinski definition) is 1. The molecule has 0 unspecified atom stereocenters. The lowest BCUT2D eigenvalue weighted by atomic mass is 10.1. The normalized spacial score (nSPS) is 14.5. The molecular weight excluding hydrogens is 832 g/mol. The van der Waals surface area contributed by atoms with Crippen LogP contribution in [0.1, 0.15) is 73.0 Å². The number of nitrogens with one attached hydrogen (secondary N) is 1. The Hall–Kier alpha value is -7.39. The van der Waals surface area contributed by atoms with Gasteiger partial charge in [-0.2, -0.15) is 5.10 Å². The minimum absolute atomic E-state index is 0.0217. The van der Waals surface area contributed by atoms with E-state index in [0.717, 1.165) is 25.5 Å². The van der Waals surface area contributed by atoms with Crippen LogP contribution in [0.25, 0.3) is 33.4 Å². The van der Waals surface area contributed by atoms with Gasteiger partial charge in [0.1, 0.15) is 17.7 Å². The fourth-order valence-corrected chi connectivity index (χ4v) is 8.05. The number of piperazine rings is 2. The second-order valence-electron chi connectivity index (χ2n) is 16.0. The molecule has 8 rings (SSSR count). The summed E-state index contributed by atoms with van der Waals surface area (Å²) in [6, 6.07) is 0. The summed E-state index contributed by atoms with van der Waals surface area (Å²) in [6.45, 7) is 8.56. The lowest BCUT2D eigenvalue weighted by molar-refractivity contribution is -0.139. The molecule has 0 radical (unpaired) electrons. The number of aryl methyl sites for hydroxylation is 1. The van der Waals surface area contributed by atoms with Gasteiger partial charge in [0.15, 0.2) is 29.9 Å². The molecule has 334 valence electrons. The molecule has 2 fully saturated rings. The Labute approximate surface area is 365 Å². The van der Waals surface area contributed by atoms with E-state index in [9.17, 15) is 28.8 Å². The summed E-state index contributed by atoms with van der Waals surface area (Å²) in [5.74, 6) is -3.83. The van der Waals surface area contributed by atoms with E-state index in [0.29, 0.717) is 25.3 Å². The minimum Gasteiger partial charge on any atom is -0.470 e. The first kappa shape index (κ1) is 43.3. The van der Waals surface area contributed by atoms with Crippen molar-refractivity contribution in [3.63, 3.8) is 0 Å². The molecule has 0 atom stereocenters. The maximum absolute atomic E-state index is 16.0. The van der Waals surface area contributed by atoms with Gasteiger partial charge in [0.2, 0.25) is 11.8 Å². The largest absolute Gasteiger partial charge is 0.470 e. The average Bonchev–Trinajstić information content (AvgIpc) is 4.15. The van der Waals surface area contributed by atoms with Crippen molar-refractivity contribution in [3.8, 4) is 17.4 Å². The Morgan fingerprint density at radius 1 is 0.797 bits per heavy atom. The Balaban J connectivity index is 1.12. The minimum atomic E-state index is -0.989. The molecule has 0 aliphatic carbocycles. The van der Waals surface area contributed by atoms with Crippen molar-refractivity contribution in [2.75, 3.05) is 52.4 Å². The molecule has 22 heteroatoms. The van der Waals surface area contributed by atoms with Crippen LogP contribution in [0.3, 0.4) is 0 Å². The third-order valence-electron chi connectivity index (χ3n) is 11.5. The van der Waals surface area contributed by atoms with Gasteiger partial charge < -0.3 is 33.9 Å². The molecule has 0 bridgehead atoms. The van der Waals surface area contributed by atoms with E-state index < -0.39 is 35.9 Å². The number of aromatic nitrogens is 10. The van der Waals surface area contributed by atoms with Crippen LogP contribution in [-0.4, -0.2) is 156 Å². The summed E-state index contributed by atoms with van der Waals surface area (Å²) in [5.41, 5.74) is 0.0257. The number of pyridine rings is 2. The van der Waals surface area contributed by atoms with Crippen LogP contribution in [-0.2, 0) is 25.9 Å². The number of amides is 4. The number of rotatable bonds is 14. The van der Waals surface area contributed by atoms with Crippen molar-refractivity contribution in [1.29, 1.82) is 0 Å². The van der Waals surface area contributed by atoms with Crippen LogP contribution in [0.4, 0.5) is 4.39 Å². The molecule has 0 saturated carbocycles. The topological polar surface area (TPSA) is 233 Å². The van der Waals surface area contributed by atoms with Crippen LogP contribution >= 0.6 is 0 Å². The molecule has 2 aliphatic heterocycles. The zero-order chi connectivity index (χ0) is 45.2. The summed E-state index contributed by atoms with van der Waals surface area (Å²) in [5, 5.41) is 12.2. The van der Waals surface area contributed by atoms with Gasteiger partial charge in [-0.25, -0.2) is 28.7 Å². The highest BCUT2D eigenvalue weighted by molar-refractivity contribution is 6.45. The fourth-order valence-electron chi connectivity index (χ4n) is 8.05. The highest BCUT2D eigenvalue weighted by atomic mass is 19.1. The number of Topliss-reactive ketones (excluding diaryl/α,β-unsaturated/α-hetero) is 2. The predicted molar refractivity (Wildman–Crippen MR) is 225 cm³/mol. The van der Waals surface area contributed by atoms with Gasteiger partial charge in [-0.3, -0.25) is 28.8 Å². The summed E-state index contributed by atoms with van der Waals surface area (Å²) in [7, 11) is 0. The zero-order valence-corrected chi connectivity index (χ0v) is 35.9. The first-order valence-corrected chi connectivity index (χ1v) is 21.2. The van der Waals surface area contributed by atoms with E-state index in [1.807, 2.05) is 0 Å². The number of carbonyl (C=O) groups excluding carboxylic acids is 6. The molecule has 0 spiro atoms. The zero-order valence-electron chi connectivity index (χ0n) is 35.9. The summed E-state index contributed by atoms with van der Waals surface area (Å²) < 4.78 is 26.4. The lowest BCUT2D eigenvalue weighted by Crippen LogP contribution is -2.52. The van der Waals surface area contributed by atoms with Gasteiger partial charge in [-0.15, -0.1) is 5.10 Å². The number of unbranched alkanes of at least 4 members (excludes halogenated alkanes) is 2. The van der Waals surface area contributed by atoms with E-state index >= 15 is 4.39 Å². The second kappa shape index (κ2) is 18.1. The van der Waals surface area contributed by atoms with Crippen molar-refractivity contribution < 1.29 is 37.9 Å². The number of ether oxygens (including phenoxy) is 1. The smallest absolute Gasteiger partial charge is 0.295 e. The Morgan fingerprint density at radius 2 is 1.45 bits per heavy atom. The Morgan fingerprint density at radius 3 is 2.08 bits per heavy atom. The number of aromatic amines is 1. The summed E-state index contributed by atoms with van der Waals surface area (Å²) in [6.07, 6.45) is 12.4. The first-order chi connectivity index (χ1) is 30.9. The number of fused-ring (bicyclic) bond motifs is 2. The monoisotopic (exact) mass is 878 g/mol. The van der Waals surface area contributed by atoms with Crippen molar-refractivity contribution in [2.24, 2.45) is 5.92 Å². The molecule has 6 aromatic heterocycles. The van der Waals surface area contributed by atoms with E-state index in [1.165, 1.54) is 61.0 Å². The molecule has 64 heavy (non-hydrogen) atoms. The third kappa shape index (κ3) is 8.29. The van der Waals surface area contributed by atoms with Crippen LogP contribution < -0.4 is 4.74 Å². The van der Waals surface area contributed by atoms with Crippen LogP contribution in [0.5, 0.6) is 5.75 Å². The van der Waals surface area contributed by atoms with E-state index in [4.69, 9.17) is 4.74 Å². The number of nitrogens with zero attached hydrogens (tertiary/aromatic N) is 13. The molecular formula is C42H47FN14O7. The molecule has 2 saturated heterocycles. The quantitative estimate of drug-likeness (QED) is 0.0943. The molecule has 21 nitrogen and oxygen atoms in total. The average molecular weight is 879 g/mol. The van der Waals surface area contributed by atoms with Gasteiger partial charge in [0, 0.05) is 77.1 Å². The van der Waals surface area contributed by atoms with Crippen molar-refractivity contribution >= 4 is 57.0 Å². The van der Waals surface area contributed by atoms with Crippen LogP contribution in [0.2, 0.25) is 0 Å². The van der Waals surface area contributed by atoms with Gasteiger partial charge in [-0.1, -0.05) is 38.8 Å². The number of halogens is 1. The number of carbonyl (C=O) groups is 6. The Kier molecular flexibility index (Phi) is 12.3. The van der Waals surface area contributed by atoms with E-state index in [1.54, 1.807) is 30.6 Å². The number of hydrogen-bond acceptors (Lipinski definition) is 13. The molecule has 0 aromatic carbocycles. The van der Waals surface area contributed by atoms with Crippen molar-refractivity contribution in [1.82, 2.24) is 68.9 Å². The van der Waals surface area contributed by atoms with Gasteiger partial charge in [0.25, 0.3) is 23.4 Å². The molecule has 8 heterocycles. The summed E-state index contributed by atoms with van der Waals surface area (Å²) in [4.78, 5) is 103. The SMILES string of the molecule is CCCCCC(=O)N1CCN(C(=O)C(=O)c2c[nH]c3c(-n4cnc(C)n4)ncc(OCn4cc(C(=O)C(=O)N5CCN(C(=O)C(C)C)CC5)c5c(F)cnc(-n6ccnn6)c54)c23)CC1. The molecule has 1 N–H and O–H groups in total. The Bertz CT molecular complexity index is 2760. The third-order valence-corrected chi connectivity index (χ3v) is 11.5. The van der Waals surface area contributed by atoms with Gasteiger partial charge in [0.05, 0.1) is 52.2 Å².